The van der Waals surface area contributed by atoms with E-state index in [9.17, 15) is 4.79 Å². The Balaban J connectivity index is 1.70. The monoisotopic (exact) mass is 209 g/mol. The van der Waals surface area contributed by atoms with Crippen molar-refractivity contribution in [2.75, 3.05) is 13.1 Å². The molecular weight excluding hydrogens is 198 g/mol. The lowest BCUT2D eigenvalue weighted by Crippen LogP contribution is -2.29. The third-order valence-corrected chi connectivity index (χ3v) is 3.29. The topological polar surface area (TPSA) is 79.5 Å². The molecule has 1 saturated carbocycles. The Morgan fingerprint density at radius 1 is 1.53 bits per heavy atom. The Bertz CT molecular complexity index is 404. The highest BCUT2D eigenvalue weighted by Gasteiger charge is 2.60. The van der Waals surface area contributed by atoms with Crippen LogP contribution in [0.4, 0.5) is 4.79 Å². The van der Waals surface area contributed by atoms with Crippen LogP contribution in [-0.4, -0.2) is 39.3 Å². The Morgan fingerprint density at radius 3 is 2.67 bits per heavy atom. The number of rotatable bonds is 1. The first kappa shape index (κ1) is 8.70. The van der Waals surface area contributed by atoms with Crippen LogP contribution in [0.2, 0.25) is 0 Å². The molecule has 6 heteroatoms. The molecule has 0 radical (unpaired) electrons. The number of piperidine rings is 1. The molecule has 3 atom stereocenters. The van der Waals surface area contributed by atoms with E-state index >= 15 is 0 Å². The van der Waals surface area contributed by atoms with Gasteiger partial charge in [-0.1, -0.05) is 5.16 Å². The Hall–Kier alpha value is -1.59. The minimum atomic E-state index is -0.831. The summed E-state index contributed by atoms with van der Waals surface area (Å²) in [4.78, 5) is 16.3. The van der Waals surface area contributed by atoms with Crippen molar-refractivity contribution in [1.82, 2.24) is 15.0 Å². The summed E-state index contributed by atoms with van der Waals surface area (Å²) in [5, 5.41) is 12.5. The summed E-state index contributed by atoms with van der Waals surface area (Å²) in [6.45, 7) is 2.99. The van der Waals surface area contributed by atoms with Gasteiger partial charge in [-0.05, 0) is 18.8 Å². The summed E-state index contributed by atoms with van der Waals surface area (Å²) in [6, 6.07) is 0. The first-order chi connectivity index (χ1) is 7.16. The van der Waals surface area contributed by atoms with Gasteiger partial charge in [-0.3, -0.25) is 0 Å². The summed E-state index contributed by atoms with van der Waals surface area (Å²) >= 11 is 0. The molecule has 1 N–H and O–H groups in total. The van der Waals surface area contributed by atoms with Crippen molar-refractivity contribution in [3.63, 3.8) is 0 Å². The maximum absolute atomic E-state index is 10.7. The number of hydrogen-bond donors (Lipinski definition) is 1. The van der Waals surface area contributed by atoms with E-state index in [0.717, 1.165) is 0 Å². The van der Waals surface area contributed by atoms with Crippen molar-refractivity contribution < 1.29 is 14.4 Å². The number of carboxylic acid groups (broad SMARTS) is 1. The lowest BCUT2D eigenvalue weighted by Gasteiger charge is -2.14. The van der Waals surface area contributed by atoms with Crippen molar-refractivity contribution in [1.29, 1.82) is 0 Å². The molecule has 0 unspecified atom stereocenters. The average molecular weight is 209 g/mol. The van der Waals surface area contributed by atoms with E-state index in [2.05, 4.69) is 10.1 Å². The predicted octanol–water partition coefficient (Wildman–Crippen LogP) is 0.701. The van der Waals surface area contributed by atoms with Crippen LogP contribution < -0.4 is 0 Å². The molecule has 0 bridgehead atoms. The van der Waals surface area contributed by atoms with E-state index in [-0.39, 0.29) is 0 Å². The fourth-order valence-electron chi connectivity index (χ4n) is 2.50. The summed E-state index contributed by atoms with van der Waals surface area (Å²) in [7, 11) is 0. The fraction of sp³-hybridized carbons (Fsp3) is 0.667. The van der Waals surface area contributed by atoms with Crippen molar-refractivity contribution in [3.05, 3.63) is 11.7 Å². The average Bonchev–Trinajstić information content (AvgIpc) is 2.62. The minimum Gasteiger partial charge on any atom is -0.465 e. The van der Waals surface area contributed by atoms with E-state index in [4.69, 9.17) is 9.63 Å². The highest BCUT2D eigenvalue weighted by molar-refractivity contribution is 5.66. The number of aromatic nitrogens is 2. The van der Waals surface area contributed by atoms with Crippen LogP contribution in [0.5, 0.6) is 0 Å². The second kappa shape index (κ2) is 2.71. The van der Waals surface area contributed by atoms with Gasteiger partial charge in [-0.25, -0.2) is 4.79 Å². The first-order valence-electron chi connectivity index (χ1n) is 4.95. The summed E-state index contributed by atoms with van der Waals surface area (Å²) < 4.78 is 5.09. The zero-order valence-electron chi connectivity index (χ0n) is 8.25. The van der Waals surface area contributed by atoms with Crippen LogP contribution in [0, 0.1) is 18.8 Å². The Morgan fingerprint density at radius 2 is 2.20 bits per heavy atom. The van der Waals surface area contributed by atoms with E-state index in [1.807, 2.05) is 0 Å². The quantitative estimate of drug-likeness (QED) is 0.736. The molecule has 1 aromatic rings. The van der Waals surface area contributed by atoms with Crippen LogP contribution in [0.1, 0.15) is 17.6 Å². The molecule has 0 spiro atoms. The zero-order valence-corrected chi connectivity index (χ0v) is 8.25. The highest BCUT2D eigenvalue weighted by Crippen LogP contribution is 2.57. The number of amides is 1. The summed E-state index contributed by atoms with van der Waals surface area (Å²) in [6.07, 6.45) is -0.831. The summed E-state index contributed by atoms with van der Waals surface area (Å²) in [5.74, 6) is 2.39. The molecule has 2 heterocycles. The molecule has 2 aliphatic rings. The fourth-order valence-corrected chi connectivity index (χ4v) is 2.50. The van der Waals surface area contributed by atoms with Crippen molar-refractivity contribution >= 4 is 6.09 Å². The van der Waals surface area contributed by atoms with Gasteiger partial charge in [0.25, 0.3) is 0 Å². The minimum absolute atomic E-state index is 0.293. The van der Waals surface area contributed by atoms with Crippen LogP contribution in [0.15, 0.2) is 4.52 Å². The van der Waals surface area contributed by atoms with Gasteiger partial charge in [0.15, 0.2) is 5.82 Å². The van der Waals surface area contributed by atoms with Crippen molar-refractivity contribution in [2.45, 2.75) is 12.8 Å². The smallest absolute Gasteiger partial charge is 0.407 e. The lowest BCUT2D eigenvalue weighted by atomic mass is 10.2. The molecule has 2 fully saturated rings. The van der Waals surface area contributed by atoms with E-state index < -0.39 is 6.09 Å². The molecule has 1 aromatic heterocycles. The zero-order chi connectivity index (χ0) is 10.6. The number of nitrogens with zero attached hydrogens (tertiary/aromatic N) is 3. The van der Waals surface area contributed by atoms with Crippen LogP contribution in [-0.2, 0) is 0 Å². The molecule has 1 aliphatic heterocycles. The first-order valence-corrected chi connectivity index (χ1v) is 4.95. The van der Waals surface area contributed by atoms with Gasteiger partial charge in [0.05, 0.1) is 0 Å². The predicted molar refractivity (Wildman–Crippen MR) is 48.4 cm³/mol. The largest absolute Gasteiger partial charge is 0.465 e. The Labute approximate surface area is 85.9 Å². The standard InChI is InChI=1S/C9H11N3O3/c1-4-10-8(15-11-4)7-5-2-12(9(13)14)3-6(5)7/h5-7H,2-3H2,1H3,(H,13,14)/t5-,6+,7+. The highest BCUT2D eigenvalue weighted by atomic mass is 16.5. The molecule has 1 aliphatic carbocycles. The number of fused-ring (bicyclic) bond motifs is 1. The lowest BCUT2D eigenvalue weighted by molar-refractivity contribution is 0.149. The van der Waals surface area contributed by atoms with Crippen LogP contribution in [0.3, 0.4) is 0 Å². The SMILES string of the molecule is Cc1noc([C@H]2[C@@H]3CN(C(=O)O)C[C@@H]32)n1. The van der Waals surface area contributed by atoms with Crippen molar-refractivity contribution in [3.8, 4) is 0 Å². The van der Waals surface area contributed by atoms with Crippen LogP contribution in [0.25, 0.3) is 0 Å². The second-order valence-corrected chi connectivity index (χ2v) is 4.22. The number of carbonyl (C=O) groups is 1. The van der Waals surface area contributed by atoms with Gasteiger partial charge in [-0.2, -0.15) is 4.98 Å². The Kier molecular flexibility index (Phi) is 1.57. The molecule has 80 valence electrons. The maximum Gasteiger partial charge on any atom is 0.407 e. The van der Waals surface area contributed by atoms with Gasteiger partial charge in [-0.15, -0.1) is 0 Å². The van der Waals surface area contributed by atoms with E-state index in [1.165, 1.54) is 4.90 Å². The van der Waals surface area contributed by atoms with Crippen molar-refractivity contribution in [2.24, 2.45) is 11.8 Å². The van der Waals surface area contributed by atoms with Crippen LogP contribution >= 0.6 is 0 Å². The third kappa shape index (κ3) is 1.20. The second-order valence-electron chi connectivity index (χ2n) is 4.22. The van der Waals surface area contributed by atoms with Gasteiger partial charge >= 0.3 is 6.09 Å². The van der Waals surface area contributed by atoms with Gasteiger partial charge < -0.3 is 14.5 Å². The molecule has 3 rings (SSSR count). The normalized spacial score (nSPS) is 32.9. The van der Waals surface area contributed by atoms with Gasteiger partial charge in [0, 0.05) is 19.0 Å². The van der Waals surface area contributed by atoms with E-state index in [0.29, 0.717) is 42.6 Å². The number of hydrogen-bond acceptors (Lipinski definition) is 4. The molecule has 0 aromatic carbocycles. The van der Waals surface area contributed by atoms with Gasteiger partial charge in [0.1, 0.15) is 0 Å². The molecular formula is C9H11N3O3. The maximum atomic E-state index is 10.7. The molecule has 1 saturated heterocycles. The number of likely N-dealkylation sites (tertiary alicyclic amines) is 1. The molecule has 1 amide bonds. The number of aryl methyl sites for hydroxylation is 1. The summed E-state index contributed by atoms with van der Waals surface area (Å²) in [5.41, 5.74) is 0. The molecule has 15 heavy (non-hydrogen) atoms. The van der Waals surface area contributed by atoms with Gasteiger partial charge in [0.2, 0.25) is 5.89 Å². The van der Waals surface area contributed by atoms with E-state index in [1.54, 1.807) is 6.92 Å². The molecule has 6 nitrogen and oxygen atoms in total. The third-order valence-electron chi connectivity index (χ3n) is 3.29.